The van der Waals surface area contributed by atoms with Crippen molar-refractivity contribution in [2.24, 2.45) is 5.41 Å². The summed E-state index contributed by atoms with van der Waals surface area (Å²) in [6.07, 6.45) is 3.84. The van der Waals surface area contributed by atoms with Crippen LogP contribution in [0.3, 0.4) is 0 Å². The van der Waals surface area contributed by atoms with Crippen LogP contribution in [-0.4, -0.2) is 38.5 Å². The minimum Gasteiger partial charge on any atom is -0.481 e. The van der Waals surface area contributed by atoms with Crippen molar-refractivity contribution < 1.29 is 18.7 Å². The molecule has 6 nitrogen and oxygen atoms in total. The molecule has 3 heterocycles. The average molecular weight is 521 g/mol. The first-order chi connectivity index (χ1) is 16.8. The van der Waals surface area contributed by atoms with Crippen molar-refractivity contribution in [3.8, 4) is 0 Å². The Hall–Kier alpha value is -2.62. The molecular weight excluding hydrogens is 494 g/mol. The van der Waals surface area contributed by atoms with Crippen LogP contribution < -0.4 is 5.32 Å². The molecule has 0 spiro atoms. The summed E-state index contributed by atoms with van der Waals surface area (Å²) in [5, 5.41) is 15.8. The van der Waals surface area contributed by atoms with Gasteiger partial charge in [-0.2, -0.15) is 0 Å². The molecule has 35 heavy (non-hydrogen) atoms. The second-order valence-corrected chi connectivity index (χ2v) is 10.2. The number of halogens is 3. The van der Waals surface area contributed by atoms with Crippen molar-refractivity contribution in [2.75, 3.05) is 11.9 Å². The lowest BCUT2D eigenvalue weighted by atomic mass is 9.71. The lowest BCUT2D eigenvalue weighted by molar-refractivity contribution is -0.154. The zero-order valence-corrected chi connectivity index (χ0v) is 20.9. The van der Waals surface area contributed by atoms with Crippen LogP contribution in [0.15, 0.2) is 41.9 Å². The van der Waals surface area contributed by atoms with E-state index in [0.29, 0.717) is 42.4 Å². The normalized spacial score (nSPS) is 20.6. The summed E-state index contributed by atoms with van der Waals surface area (Å²) in [6, 6.07) is 7.63. The van der Waals surface area contributed by atoms with Gasteiger partial charge in [0.2, 0.25) is 0 Å². The fourth-order valence-corrected chi connectivity index (χ4v) is 5.49. The van der Waals surface area contributed by atoms with E-state index in [1.54, 1.807) is 18.3 Å². The van der Waals surface area contributed by atoms with E-state index in [-0.39, 0.29) is 23.2 Å². The molecule has 1 aliphatic heterocycles. The van der Waals surface area contributed by atoms with Gasteiger partial charge in [-0.15, -0.1) is 11.3 Å². The number of likely N-dealkylation sites (tertiary alicyclic amines) is 1. The van der Waals surface area contributed by atoms with Gasteiger partial charge in [0.15, 0.2) is 5.13 Å². The maximum atomic E-state index is 14.8. The van der Waals surface area contributed by atoms with E-state index in [1.807, 2.05) is 12.3 Å². The minimum atomic E-state index is -1.17. The number of hydrogen-bond donors (Lipinski definition) is 2. The first kappa shape index (κ1) is 25.5. The molecule has 2 unspecified atom stereocenters. The number of carboxylic acid groups (broad SMARTS) is 1. The van der Waals surface area contributed by atoms with Gasteiger partial charge in [0.1, 0.15) is 17.5 Å². The van der Waals surface area contributed by atoms with Gasteiger partial charge in [-0.25, -0.2) is 18.7 Å². The van der Waals surface area contributed by atoms with E-state index < -0.39 is 23.0 Å². The molecule has 0 radical (unpaired) electrons. The topological polar surface area (TPSA) is 78.3 Å². The largest absolute Gasteiger partial charge is 0.481 e. The molecule has 2 N–H and O–H groups in total. The predicted molar refractivity (Wildman–Crippen MR) is 133 cm³/mol. The Labute approximate surface area is 212 Å². The summed E-state index contributed by atoms with van der Waals surface area (Å²) in [7, 11) is 0. The third-order valence-corrected chi connectivity index (χ3v) is 7.57. The second kappa shape index (κ2) is 11.0. The van der Waals surface area contributed by atoms with Crippen molar-refractivity contribution in [2.45, 2.75) is 51.6 Å². The molecule has 10 heteroatoms. The first-order valence-corrected chi connectivity index (χ1v) is 12.8. The fraction of sp³-hybridized carbons (Fsp3) is 0.400. The van der Waals surface area contributed by atoms with Gasteiger partial charge in [0.25, 0.3) is 0 Å². The highest BCUT2D eigenvalue weighted by atomic mass is 35.5. The van der Waals surface area contributed by atoms with Gasteiger partial charge in [0, 0.05) is 36.1 Å². The summed E-state index contributed by atoms with van der Waals surface area (Å²) in [5.74, 6) is -1.54. The summed E-state index contributed by atoms with van der Waals surface area (Å²) in [4.78, 5) is 23.2. The van der Waals surface area contributed by atoms with Crippen LogP contribution in [-0.2, 0) is 17.8 Å². The number of aromatic nitrogens is 2. The second-order valence-electron chi connectivity index (χ2n) is 8.93. The SMILES string of the molecule is CCCC1CC(Cc2nc(Nc3nccs3)ccc2F)(C(=O)O)CCN1Cc1cccc(Cl)c1F. The number of benzene rings is 1. The van der Waals surface area contributed by atoms with Crippen LogP contribution in [0, 0.1) is 17.0 Å². The number of nitrogens with zero attached hydrogens (tertiary/aromatic N) is 3. The molecule has 1 saturated heterocycles. The fourth-order valence-electron chi connectivity index (χ4n) is 4.76. The van der Waals surface area contributed by atoms with Crippen molar-refractivity contribution in [1.29, 1.82) is 0 Å². The number of piperidine rings is 1. The molecule has 0 amide bonds. The Morgan fingerprint density at radius 1 is 1.34 bits per heavy atom. The molecular formula is C25H27ClF2N4O2S. The third-order valence-electron chi connectivity index (χ3n) is 6.59. The van der Waals surface area contributed by atoms with Crippen molar-refractivity contribution >= 4 is 39.9 Å². The van der Waals surface area contributed by atoms with Crippen molar-refractivity contribution in [3.05, 3.63) is 69.8 Å². The van der Waals surface area contributed by atoms with Crippen LogP contribution >= 0.6 is 22.9 Å². The molecule has 4 rings (SSSR count). The monoisotopic (exact) mass is 520 g/mol. The van der Waals surface area contributed by atoms with Gasteiger partial charge in [-0.3, -0.25) is 9.69 Å². The Bertz CT molecular complexity index is 1180. The summed E-state index contributed by atoms with van der Waals surface area (Å²) < 4.78 is 29.3. The van der Waals surface area contributed by atoms with E-state index in [4.69, 9.17) is 11.6 Å². The molecule has 3 aromatic rings. The lowest BCUT2D eigenvalue weighted by Gasteiger charge is -2.44. The smallest absolute Gasteiger partial charge is 0.310 e. The summed E-state index contributed by atoms with van der Waals surface area (Å²) >= 11 is 7.34. The van der Waals surface area contributed by atoms with Crippen LogP contribution in [0.5, 0.6) is 0 Å². The highest BCUT2D eigenvalue weighted by molar-refractivity contribution is 7.13. The molecule has 1 aliphatic rings. The summed E-state index contributed by atoms with van der Waals surface area (Å²) in [6.45, 7) is 2.82. The predicted octanol–water partition coefficient (Wildman–Crippen LogP) is 6.29. The van der Waals surface area contributed by atoms with E-state index in [2.05, 4.69) is 20.2 Å². The van der Waals surface area contributed by atoms with E-state index in [9.17, 15) is 18.7 Å². The Morgan fingerprint density at radius 3 is 2.89 bits per heavy atom. The minimum absolute atomic E-state index is 0.0267. The Balaban J connectivity index is 1.57. The van der Waals surface area contributed by atoms with Crippen LogP contribution in [0.25, 0.3) is 0 Å². The third kappa shape index (κ3) is 5.79. The average Bonchev–Trinajstić information content (AvgIpc) is 3.34. The number of carbonyl (C=O) groups is 1. The molecule has 2 aromatic heterocycles. The van der Waals surface area contributed by atoms with Crippen molar-refractivity contribution in [1.82, 2.24) is 14.9 Å². The number of carboxylic acids is 1. The van der Waals surface area contributed by atoms with Gasteiger partial charge < -0.3 is 10.4 Å². The maximum absolute atomic E-state index is 14.8. The number of hydrogen-bond acceptors (Lipinski definition) is 6. The summed E-state index contributed by atoms with van der Waals surface area (Å²) in [5.41, 5.74) is -0.578. The van der Waals surface area contributed by atoms with Gasteiger partial charge in [0.05, 0.1) is 16.1 Å². The molecule has 1 fully saturated rings. The van der Waals surface area contributed by atoms with E-state index in [1.165, 1.54) is 29.5 Å². The number of thiazole rings is 1. The van der Waals surface area contributed by atoms with Crippen LogP contribution in [0.4, 0.5) is 19.7 Å². The molecule has 186 valence electrons. The molecule has 2 atom stereocenters. The van der Waals surface area contributed by atoms with Gasteiger partial charge >= 0.3 is 5.97 Å². The van der Waals surface area contributed by atoms with Crippen LogP contribution in [0.1, 0.15) is 43.9 Å². The number of aliphatic carboxylic acids is 1. The number of anilines is 2. The number of nitrogens with one attached hydrogen (secondary N) is 1. The maximum Gasteiger partial charge on any atom is 0.310 e. The standard InChI is InChI=1S/C25H27ClF2N4O2S/c1-2-4-17-13-25(23(33)34,9-11-32(17)15-16-5-3-6-18(26)22(16)28)14-20-19(27)7-8-21(30-20)31-24-29-10-12-35-24/h3,5-8,10,12,17H,2,4,9,11,13-15H2,1H3,(H,33,34)(H,29,30,31). The molecule has 0 aliphatic carbocycles. The number of pyridine rings is 1. The highest BCUT2D eigenvalue weighted by Gasteiger charge is 2.46. The Morgan fingerprint density at radius 2 is 2.17 bits per heavy atom. The molecule has 0 saturated carbocycles. The number of rotatable bonds is 9. The van der Waals surface area contributed by atoms with Gasteiger partial charge in [-0.05, 0) is 44.0 Å². The van der Waals surface area contributed by atoms with Crippen LogP contribution in [0.2, 0.25) is 5.02 Å². The van der Waals surface area contributed by atoms with E-state index >= 15 is 0 Å². The Kier molecular flexibility index (Phi) is 7.98. The van der Waals surface area contributed by atoms with Crippen molar-refractivity contribution in [3.63, 3.8) is 0 Å². The highest BCUT2D eigenvalue weighted by Crippen LogP contribution is 2.41. The zero-order valence-electron chi connectivity index (χ0n) is 19.3. The zero-order chi connectivity index (χ0) is 25.0. The molecule has 0 bridgehead atoms. The lowest BCUT2D eigenvalue weighted by Crippen LogP contribution is -2.51. The first-order valence-electron chi connectivity index (χ1n) is 11.5. The van der Waals surface area contributed by atoms with E-state index in [0.717, 1.165) is 12.8 Å². The molecule has 1 aromatic carbocycles. The quantitative estimate of drug-likeness (QED) is 0.345. The van der Waals surface area contributed by atoms with Gasteiger partial charge in [-0.1, -0.05) is 37.1 Å².